The van der Waals surface area contributed by atoms with Gasteiger partial charge in [-0.25, -0.2) is 0 Å². The summed E-state index contributed by atoms with van der Waals surface area (Å²) in [5, 5.41) is 0. The Kier molecular flexibility index (Phi) is 9.03. The molecular weight excluding hydrogens is 364 g/mol. The number of carbonyl (C=O) groups excluding carboxylic acids is 1. The minimum atomic E-state index is -0.0671. The highest BCUT2D eigenvalue weighted by Crippen LogP contribution is 2.31. The van der Waals surface area contributed by atoms with E-state index < -0.39 is 0 Å². The highest BCUT2D eigenvalue weighted by Gasteiger charge is 2.12. The molecule has 29 heavy (non-hydrogen) atoms. The maximum atomic E-state index is 12.6. The summed E-state index contributed by atoms with van der Waals surface area (Å²) in [4.78, 5) is 12.6. The van der Waals surface area contributed by atoms with Crippen molar-refractivity contribution in [2.24, 2.45) is 0 Å². The summed E-state index contributed by atoms with van der Waals surface area (Å²) < 4.78 is 17.0. The maximum Gasteiger partial charge on any atom is 0.185 e. The molecule has 0 aliphatic heterocycles. The average Bonchev–Trinajstić information content (AvgIpc) is 2.73. The number of benzene rings is 2. The lowest BCUT2D eigenvalue weighted by Gasteiger charge is -2.15. The van der Waals surface area contributed by atoms with Crippen molar-refractivity contribution in [2.45, 2.75) is 33.6 Å². The van der Waals surface area contributed by atoms with Gasteiger partial charge in [0.25, 0.3) is 0 Å². The second kappa shape index (κ2) is 11.7. The Balaban J connectivity index is 2.28. The molecule has 0 unspecified atom stereocenters. The highest BCUT2D eigenvalue weighted by molar-refractivity contribution is 6.07. The van der Waals surface area contributed by atoms with E-state index in [-0.39, 0.29) is 5.78 Å². The minimum absolute atomic E-state index is 0.0671. The normalized spacial score (nSPS) is 10.7. The van der Waals surface area contributed by atoms with Gasteiger partial charge in [0, 0.05) is 17.2 Å². The van der Waals surface area contributed by atoms with E-state index >= 15 is 0 Å². The van der Waals surface area contributed by atoms with Crippen molar-refractivity contribution in [3.63, 3.8) is 0 Å². The molecule has 0 saturated heterocycles. The number of hydrogen-bond donors (Lipinski definition) is 0. The molecule has 154 valence electrons. The molecule has 2 rings (SSSR count). The molecule has 4 nitrogen and oxygen atoms in total. The number of rotatable bonds is 12. The first-order chi connectivity index (χ1) is 14.1. The van der Waals surface area contributed by atoms with Gasteiger partial charge in [0.15, 0.2) is 5.78 Å². The third kappa shape index (κ3) is 6.53. The first-order valence-corrected chi connectivity index (χ1v) is 10.1. The Morgan fingerprint density at radius 3 is 2.31 bits per heavy atom. The van der Waals surface area contributed by atoms with Crippen LogP contribution in [0, 0.1) is 0 Å². The van der Waals surface area contributed by atoms with Gasteiger partial charge in [0.1, 0.15) is 23.9 Å². The Hall–Kier alpha value is -3.01. The SMILES string of the molecule is C=CCOc1ccc(C(=O)/C=C/c2cc(OCC)cc(OCC)c2CCC)cc1. The average molecular weight is 395 g/mol. The predicted octanol–water partition coefficient (Wildman–Crippen LogP) is 5.90. The lowest BCUT2D eigenvalue weighted by molar-refractivity contribution is 0.104. The molecule has 4 heteroatoms. The molecule has 0 amide bonds. The Morgan fingerprint density at radius 2 is 1.69 bits per heavy atom. The molecule has 0 aromatic heterocycles. The second-order valence-electron chi connectivity index (χ2n) is 6.43. The lowest BCUT2D eigenvalue weighted by atomic mass is 10.00. The van der Waals surface area contributed by atoms with E-state index in [4.69, 9.17) is 14.2 Å². The minimum Gasteiger partial charge on any atom is -0.494 e. The van der Waals surface area contributed by atoms with Crippen molar-refractivity contribution in [1.29, 1.82) is 0 Å². The number of ether oxygens (including phenoxy) is 3. The molecule has 0 radical (unpaired) electrons. The summed E-state index contributed by atoms with van der Waals surface area (Å²) in [5.74, 6) is 2.20. The Morgan fingerprint density at radius 1 is 0.966 bits per heavy atom. The van der Waals surface area contributed by atoms with Gasteiger partial charge in [-0.3, -0.25) is 4.79 Å². The van der Waals surface area contributed by atoms with Crippen molar-refractivity contribution >= 4 is 11.9 Å². The second-order valence-corrected chi connectivity index (χ2v) is 6.43. The fourth-order valence-corrected chi connectivity index (χ4v) is 2.97. The molecule has 0 N–H and O–H groups in total. The first-order valence-electron chi connectivity index (χ1n) is 10.1. The molecule has 2 aromatic carbocycles. The van der Waals surface area contributed by atoms with Crippen molar-refractivity contribution < 1.29 is 19.0 Å². The van der Waals surface area contributed by atoms with Crippen LogP contribution in [0.25, 0.3) is 6.08 Å². The third-order valence-electron chi connectivity index (χ3n) is 4.25. The van der Waals surface area contributed by atoms with E-state index in [9.17, 15) is 4.79 Å². The molecule has 0 aliphatic rings. The summed E-state index contributed by atoms with van der Waals surface area (Å²) in [7, 11) is 0. The van der Waals surface area contributed by atoms with Gasteiger partial charge < -0.3 is 14.2 Å². The zero-order chi connectivity index (χ0) is 21.1. The zero-order valence-corrected chi connectivity index (χ0v) is 17.6. The van der Waals surface area contributed by atoms with Crippen LogP contribution in [0.3, 0.4) is 0 Å². The summed E-state index contributed by atoms with van der Waals surface area (Å²) in [6.45, 7) is 11.2. The van der Waals surface area contributed by atoms with Gasteiger partial charge in [-0.2, -0.15) is 0 Å². The van der Waals surface area contributed by atoms with Crippen LogP contribution in [0.15, 0.2) is 55.1 Å². The standard InChI is InChI=1S/C25H30O4/c1-5-9-23-20(17-22(27-7-3)18-25(23)28-8-4)12-15-24(26)19-10-13-21(14-11-19)29-16-6-2/h6,10-15,17-18H,2,5,7-9,16H2,1,3-4H3/b15-12+. The van der Waals surface area contributed by atoms with Crippen LogP contribution >= 0.6 is 0 Å². The smallest absolute Gasteiger partial charge is 0.185 e. The van der Waals surface area contributed by atoms with Crippen molar-refractivity contribution in [3.05, 3.63) is 71.8 Å². The van der Waals surface area contributed by atoms with Gasteiger partial charge in [0.05, 0.1) is 13.2 Å². The third-order valence-corrected chi connectivity index (χ3v) is 4.25. The largest absolute Gasteiger partial charge is 0.494 e. The molecule has 0 heterocycles. The van der Waals surface area contributed by atoms with Crippen LogP contribution in [0.1, 0.15) is 48.7 Å². The molecule has 0 aliphatic carbocycles. The predicted molar refractivity (Wildman–Crippen MR) is 118 cm³/mol. The van der Waals surface area contributed by atoms with E-state index in [0.29, 0.717) is 31.1 Å². The van der Waals surface area contributed by atoms with Crippen molar-refractivity contribution in [1.82, 2.24) is 0 Å². The molecule has 2 aromatic rings. The zero-order valence-electron chi connectivity index (χ0n) is 17.6. The molecule has 0 atom stereocenters. The fourth-order valence-electron chi connectivity index (χ4n) is 2.97. The Bertz CT molecular complexity index is 835. The summed E-state index contributed by atoms with van der Waals surface area (Å²) >= 11 is 0. The lowest BCUT2D eigenvalue weighted by Crippen LogP contribution is -2.02. The number of carbonyl (C=O) groups is 1. The van der Waals surface area contributed by atoms with Crippen molar-refractivity contribution in [2.75, 3.05) is 19.8 Å². The van der Waals surface area contributed by atoms with Crippen LogP contribution < -0.4 is 14.2 Å². The Labute approximate surface area is 173 Å². The molecular formula is C25H30O4. The summed E-state index contributed by atoms with van der Waals surface area (Å²) in [6.07, 6.45) is 6.97. The van der Waals surface area contributed by atoms with Crippen LogP contribution in [0.4, 0.5) is 0 Å². The van der Waals surface area contributed by atoms with Crippen LogP contribution in [0.5, 0.6) is 17.2 Å². The first kappa shape index (κ1) is 22.3. The van der Waals surface area contributed by atoms with Gasteiger partial charge in [-0.1, -0.05) is 32.1 Å². The van der Waals surface area contributed by atoms with Crippen molar-refractivity contribution in [3.8, 4) is 17.2 Å². The molecule has 0 fully saturated rings. The van der Waals surface area contributed by atoms with E-state index in [2.05, 4.69) is 13.5 Å². The quantitative estimate of drug-likeness (QED) is 0.255. The van der Waals surface area contributed by atoms with Gasteiger partial charge in [0.2, 0.25) is 0 Å². The topological polar surface area (TPSA) is 44.8 Å². The number of ketones is 1. The monoisotopic (exact) mass is 394 g/mol. The summed E-state index contributed by atoms with van der Waals surface area (Å²) in [5.41, 5.74) is 2.64. The fraction of sp³-hybridized carbons (Fsp3) is 0.320. The molecule has 0 saturated carbocycles. The van der Waals surface area contributed by atoms with Crippen LogP contribution in [0.2, 0.25) is 0 Å². The van der Waals surface area contributed by atoms with Gasteiger partial charge in [-0.05, 0) is 62.2 Å². The van der Waals surface area contributed by atoms with E-state index in [0.717, 1.165) is 35.5 Å². The van der Waals surface area contributed by atoms with E-state index in [1.165, 1.54) is 0 Å². The number of hydrogen-bond acceptors (Lipinski definition) is 4. The molecule has 0 spiro atoms. The van der Waals surface area contributed by atoms with Gasteiger partial charge >= 0.3 is 0 Å². The highest BCUT2D eigenvalue weighted by atomic mass is 16.5. The van der Waals surface area contributed by atoms with Gasteiger partial charge in [-0.15, -0.1) is 0 Å². The summed E-state index contributed by atoms with van der Waals surface area (Å²) in [6, 6.07) is 11.0. The maximum absolute atomic E-state index is 12.6. The van der Waals surface area contributed by atoms with E-state index in [1.54, 1.807) is 36.4 Å². The van der Waals surface area contributed by atoms with Crippen LogP contribution in [-0.4, -0.2) is 25.6 Å². The van der Waals surface area contributed by atoms with Crippen LogP contribution in [-0.2, 0) is 6.42 Å². The molecule has 0 bridgehead atoms. The van der Waals surface area contributed by atoms with E-state index in [1.807, 2.05) is 32.1 Å². The number of allylic oxidation sites excluding steroid dienone is 1.